The molecule has 3 unspecified atom stereocenters. The fraction of sp³-hybridized carbons (Fsp3) is 0.944. The maximum absolute atomic E-state index is 11.7. The number of nitrogens with zero attached hydrogens (tertiary/aromatic N) is 2. The second-order valence-electron chi connectivity index (χ2n) is 8.74. The molecule has 1 N–H and O–H groups in total. The quantitative estimate of drug-likeness (QED) is 0.378. The topological polar surface area (TPSA) is 61.8 Å². The first-order chi connectivity index (χ1) is 11.1. The van der Waals surface area contributed by atoms with E-state index in [4.69, 9.17) is 4.99 Å². The smallest absolute Gasteiger partial charge is 0.194 e. The highest BCUT2D eigenvalue weighted by molar-refractivity contribution is 14.0. The third-order valence-electron chi connectivity index (χ3n) is 5.17. The van der Waals surface area contributed by atoms with Crippen LogP contribution in [0.2, 0.25) is 0 Å². The molecule has 2 fully saturated rings. The Morgan fingerprint density at radius 1 is 1.40 bits per heavy atom. The van der Waals surface area contributed by atoms with Crippen LogP contribution < -0.4 is 5.32 Å². The molecule has 7 heteroatoms. The summed E-state index contributed by atoms with van der Waals surface area (Å²) in [7, 11) is -2.83. The molecule has 5 nitrogen and oxygen atoms in total. The van der Waals surface area contributed by atoms with Crippen molar-refractivity contribution in [2.75, 3.05) is 31.1 Å². The van der Waals surface area contributed by atoms with Gasteiger partial charge in [-0.05, 0) is 43.4 Å². The van der Waals surface area contributed by atoms with E-state index in [2.05, 4.69) is 44.8 Å². The highest BCUT2D eigenvalue weighted by Gasteiger charge is 2.33. The van der Waals surface area contributed by atoms with Gasteiger partial charge in [-0.2, -0.15) is 0 Å². The van der Waals surface area contributed by atoms with Gasteiger partial charge in [-0.3, -0.25) is 4.99 Å². The van der Waals surface area contributed by atoms with E-state index >= 15 is 0 Å². The van der Waals surface area contributed by atoms with Crippen molar-refractivity contribution in [3.8, 4) is 0 Å². The van der Waals surface area contributed by atoms with E-state index < -0.39 is 9.84 Å². The Hall–Kier alpha value is -0.0500. The van der Waals surface area contributed by atoms with E-state index in [-0.39, 0.29) is 35.3 Å². The minimum absolute atomic E-state index is 0. The normalized spacial score (nSPS) is 29.8. The monoisotopic (exact) mass is 485 g/mol. The standard InChI is InChI=1S/C18H35N3O2S.HI/c1-6-15(3)20-17(19-10-16-7-8-24(22,23)12-16)21-11-14(2)9-18(4,5)13-21;/h14-16H,6-13H2,1-5H3,(H,19,20);1H. The molecule has 0 amide bonds. The van der Waals surface area contributed by atoms with E-state index in [1.807, 2.05) is 0 Å². The number of rotatable bonds is 4. The summed E-state index contributed by atoms with van der Waals surface area (Å²) < 4.78 is 23.3. The fourth-order valence-electron chi connectivity index (χ4n) is 3.98. The van der Waals surface area contributed by atoms with Crippen LogP contribution >= 0.6 is 24.0 Å². The van der Waals surface area contributed by atoms with Crippen molar-refractivity contribution in [1.82, 2.24) is 10.2 Å². The lowest BCUT2D eigenvalue weighted by Gasteiger charge is -2.43. The highest BCUT2D eigenvalue weighted by Crippen LogP contribution is 2.32. The van der Waals surface area contributed by atoms with Crippen LogP contribution in [0.15, 0.2) is 4.99 Å². The number of hydrogen-bond acceptors (Lipinski definition) is 3. The lowest BCUT2D eigenvalue weighted by atomic mass is 9.79. The molecule has 2 aliphatic heterocycles. The van der Waals surface area contributed by atoms with Gasteiger partial charge >= 0.3 is 0 Å². The first kappa shape index (κ1) is 23.0. The molecule has 0 aromatic carbocycles. The number of guanidine groups is 1. The molecule has 2 heterocycles. The summed E-state index contributed by atoms with van der Waals surface area (Å²) in [5, 5.41) is 3.57. The van der Waals surface area contributed by atoms with Crippen molar-refractivity contribution >= 4 is 39.8 Å². The molecule has 2 rings (SSSR count). The van der Waals surface area contributed by atoms with E-state index in [0.717, 1.165) is 31.9 Å². The fourth-order valence-corrected chi connectivity index (χ4v) is 5.83. The third kappa shape index (κ3) is 7.23. The lowest BCUT2D eigenvalue weighted by Crippen LogP contribution is -2.53. The van der Waals surface area contributed by atoms with Gasteiger partial charge in [-0.25, -0.2) is 8.42 Å². The van der Waals surface area contributed by atoms with Gasteiger partial charge in [0.1, 0.15) is 0 Å². The van der Waals surface area contributed by atoms with Crippen molar-refractivity contribution < 1.29 is 8.42 Å². The van der Waals surface area contributed by atoms with Crippen LogP contribution in [0.4, 0.5) is 0 Å². The van der Waals surface area contributed by atoms with Gasteiger partial charge in [0.15, 0.2) is 15.8 Å². The second-order valence-corrected chi connectivity index (χ2v) is 11.0. The molecule has 0 spiro atoms. The molecule has 3 atom stereocenters. The highest BCUT2D eigenvalue weighted by atomic mass is 127. The molecule has 0 aromatic rings. The van der Waals surface area contributed by atoms with Crippen LogP contribution in [0, 0.1) is 17.3 Å². The van der Waals surface area contributed by atoms with E-state index in [0.29, 0.717) is 30.0 Å². The molecule has 25 heavy (non-hydrogen) atoms. The molecule has 0 saturated carbocycles. The summed E-state index contributed by atoms with van der Waals surface area (Å²) in [6.07, 6.45) is 3.04. The summed E-state index contributed by atoms with van der Waals surface area (Å²) in [5.74, 6) is 2.42. The molecular weight excluding hydrogens is 449 g/mol. The van der Waals surface area contributed by atoms with Crippen LogP contribution in [-0.4, -0.2) is 56.5 Å². The zero-order valence-electron chi connectivity index (χ0n) is 16.4. The first-order valence-electron chi connectivity index (χ1n) is 9.36. The van der Waals surface area contributed by atoms with Gasteiger partial charge in [0.05, 0.1) is 11.5 Å². The van der Waals surface area contributed by atoms with Crippen LogP contribution in [0.3, 0.4) is 0 Å². The molecule has 0 radical (unpaired) electrons. The number of halogens is 1. The molecular formula is C18H36IN3O2S. The van der Waals surface area contributed by atoms with Gasteiger partial charge < -0.3 is 10.2 Å². The summed E-state index contributed by atoms with van der Waals surface area (Å²) in [5.41, 5.74) is 0.284. The molecule has 0 aromatic heterocycles. The number of piperidine rings is 1. The van der Waals surface area contributed by atoms with Crippen molar-refractivity contribution in [2.24, 2.45) is 22.2 Å². The predicted octanol–water partition coefficient (Wildman–Crippen LogP) is 3.15. The van der Waals surface area contributed by atoms with E-state index in [1.54, 1.807) is 0 Å². The summed E-state index contributed by atoms with van der Waals surface area (Å²) in [6, 6.07) is 0.372. The van der Waals surface area contributed by atoms with Crippen LogP contribution in [0.1, 0.15) is 53.9 Å². The zero-order valence-corrected chi connectivity index (χ0v) is 19.6. The van der Waals surface area contributed by atoms with Gasteiger partial charge in [0.2, 0.25) is 0 Å². The van der Waals surface area contributed by atoms with Crippen LogP contribution in [0.25, 0.3) is 0 Å². The Bertz CT molecular complexity index is 563. The van der Waals surface area contributed by atoms with Crippen molar-refractivity contribution in [3.63, 3.8) is 0 Å². The summed E-state index contributed by atoms with van der Waals surface area (Å²) >= 11 is 0. The van der Waals surface area contributed by atoms with Crippen LogP contribution in [-0.2, 0) is 9.84 Å². The molecule has 0 bridgehead atoms. The SMILES string of the molecule is CCC(C)NC(=NCC1CCS(=O)(=O)C1)N1CC(C)CC(C)(C)C1.I. The zero-order chi connectivity index (χ0) is 18.0. The summed E-state index contributed by atoms with van der Waals surface area (Å²) in [6.45, 7) is 13.9. The maximum Gasteiger partial charge on any atom is 0.194 e. The van der Waals surface area contributed by atoms with E-state index in [1.165, 1.54) is 6.42 Å². The predicted molar refractivity (Wildman–Crippen MR) is 117 cm³/mol. The van der Waals surface area contributed by atoms with Gasteiger partial charge in [0.25, 0.3) is 0 Å². The van der Waals surface area contributed by atoms with Gasteiger partial charge in [0, 0.05) is 25.7 Å². The first-order valence-corrected chi connectivity index (χ1v) is 11.2. The average Bonchev–Trinajstić information content (AvgIpc) is 2.80. The maximum atomic E-state index is 11.7. The van der Waals surface area contributed by atoms with Crippen LogP contribution in [0.5, 0.6) is 0 Å². The molecule has 2 aliphatic rings. The summed E-state index contributed by atoms with van der Waals surface area (Å²) in [4.78, 5) is 7.23. The lowest BCUT2D eigenvalue weighted by molar-refractivity contribution is 0.128. The Morgan fingerprint density at radius 3 is 2.60 bits per heavy atom. The molecule has 2 saturated heterocycles. The number of hydrogen-bond donors (Lipinski definition) is 1. The molecule has 0 aliphatic carbocycles. The Balaban J connectivity index is 0.00000312. The van der Waals surface area contributed by atoms with Crippen molar-refractivity contribution in [2.45, 2.75) is 59.9 Å². The Morgan fingerprint density at radius 2 is 2.08 bits per heavy atom. The molecule has 148 valence electrons. The third-order valence-corrected chi connectivity index (χ3v) is 7.00. The minimum atomic E-state index is -2.83. The Kier molecular flexibility index (Phi) is 8.50. The largest absolute Gasteiger partial charge is 0.354 e. The van der Waals surface area contributed by atoms with Gasteiger partial charge in [-0.15, -0.1) is 24.0 Å². The Labute approximate surface area is 171 Å². The van der Waals surface area contributed by atoms with Gasteiger partial charge in [-0.1, -0.05) is 27.7 Å². The number of nitrogens with one attached hydrogen (secondary N) is 1. The number of aliphatic imine (C=N–C) groups is 1. The number of likely N-dealkylation sites (tertiary alicyclic amines) is 1. The number of sulfone groups is 1. The van der Waals surface area contributed by atoms with Crippen molar-refractivity contribution in [1.29, 1.82) is 0 Å². The minimum Gasteiger partial charge on any atom is -0.354 e. The van der Waals surface area contributed by atoms with Crippen molar-refractivity contribution in [3.05, 3.63) is 0 Å². The second kappa shape index (κ2) is 9.24. The van der Waals surface area contributed by atoms with E-state index in [9.17, 15) is 8.42 Å². The average molecular weight is 485 g/mol.